The molecule has 2 heteroatoms. The van der Waals surface area contributed by atoms with Crippen molar-refractivity contribution in [2.45, 2.75) is 79.1 Å². The molecule has 2 fully saturated rings. The summed E-state index contributed by atoms with van der Waals surface area (Å²) in [6.45, 7) is 11.0. The van der Waals surface area contributed by atoms with Crippen molar-refractivity contribution in [2.24, 2.45) is 23.2 Å². The van der Waals surface area contributed by atoms with Crippen molar-refractivity contribution in [1.82, 2.24) is 4.90 Å². The molecule has 0 spiro atoms. The minimum absolute atomic E-state index is 0.250. The Kier molecular flexibility index (Phi) is 6.65. The highest BCUT2D eigenvalue weighted by Gasteiger charge is 2.44. The van der Waals surface area contributed by atoms with E-state index in [1.165, 1.54) is 56.1 Å². The first-order chi connectivity index (χ1) is 12.9. The van der Waals surface area contributed by atoms with E-state index in [1.807, 2.05) is 0 Å². The smallest absolute Gasteiger partial charge is 0.229 e. The molecular weight excluding hydrogens is 330 g/mol. The van der Waals surface area contributed by atoms with E-state index in [2.05, 4.69) is 56.9 Å². The van der Waals surface area contributed by atoms with E-state index < -0.39 is 0 Å². The van der Waals surface area contributed by atoms with Crippen molar-refractivity contribution in [3.63, 3.8) is 0 Å². The van der Waals surface area contributed by atoms with E-state index in [9.17, 15) is 4.79 Å². The van der Waals surface area contributed by atoms with Gasteiger partial charge in [-0.15, -0.1) is 0 Å². The van der Waals surface area contributed by atoms with Crippen molar-refractivity contribution in [2.75, 3.05) is 13.1 Å². The van der Waals surface area contributed by atoms with Gasteiger partial charge in [-0.05, 0) is 62.3 Å². The number of carbonyl (C=O) groups is 1. The Balaban J connectivity index is 1.78. The van der Waals surface area contributed by atoms with E-state index in [-0.39, 0.29) is 5.41 Å². The summed E-state index contributed by atoms with van der Waals surface area (Å²) in [6, 6.07) is 8.84. The molecule has 0 N–H and O–H groups in total. The SMILES string of the molecule is Cc1ccc(CC(C)(C(=O)N2CCC(C(C)C)CC2)C2CCCCC2)cc1. The number of piperidine rings is 1. The van der Waals surface area contributed by atoms with Crippen LogP contribution in [0.3, 0.4) is 0 Å². The summed E-state index contributed by atoms with van der Waals surface area (Å²) in [5.41, 5.74) is 2.36. The minimum atomic E-state index is -0.250. The highest BCUT2D eigenvalue weighted by atomic mass is 16.2. The van der Waals surface area contributed by atoms with Crippen molar-refractivity contribution in [3.8, 4) is 0 Å². The summed E-state index contributed by atoms with van der Waals surface area (Å²) >= 11 is 0. The molecule has 1 saturated heterocycles. The van der Waals surface area contributed by atoms with Gasteiger partial charge in [0.05, 0.1) is 5.41 Å². The van der Waals surface area contributed by atoms with E-state index in [0.29, 0.717) is 11.8 Å². The number of likely N-dealkylation sites (tertiary alicyclic amines) is 1. The number of carbonyl (C=O) groups excluding carboxylic acids is 1. The Morgan fingerprint density at radius 1 is 1.04 bits per heavy atom. The van der Waals surface area contributed by atoms with Crippen LogP contribution < -0.4 is 0 Å². The normalized spacial score (nSPS) is 22.0. The number of rotatable bonds is 5. The van der Waals surface area contributed by atoms with Gasteiger partial charge in [0.25, 0.3) is 0 Å². The van der Waals surface area contributed by atoms with Gasteiger partial charge in [0, 0.05) is 13.1 Å². The van der Waals surface area contributed by atoms with E-state index in [1.54, 1.807) is 0 Å². The zero-order chi connectivity index (χ0) is 19.4. The topological polar surface area (TPSA) is 20.3 Å². The third-order valence-electron chi connectivity index (χ3n) is 7.46. The fourth-order valence-electron chi connectivity index (χ4n) is 5.39. The lowest BCUT2D eigenvalue weighted by Crippen LogP contribution is -2.51. The molecular formula is C25H39NO. The van der Waals surface area contributed by atoms with Crippen LogP contribution in [0.25, 0.3) is 0 Å². The van der Waals surface area contributed by atoms with Gasteiger partial charge in [-0.25, -0.2) is 0 Å². The number of amides is 1. The predicted octanol–water partition coefficient (Wildman–Crippen LogP) is 6.02. The fourth-order valence-corrected chi connectivity index (χ4v) is 5.39. The van der Waals surface area contributed by atoms with Crippen LogP contribution in [0.2, 0.25) is 0 Å². The largest absolute Gasteiger partial charge is 0.342 e. The van der Waals surface area contributed by atoms with Crippen LogP contribution in [0.15, 0.2) is 24.3 Å². The van der Waals surface area contributed by atoms with Crippen molar-refractivity contribution < 1.29 is 4.79 Å². The molecule has 2 aliphatic rings. The van der Waals surface area contributed by atoms with Gasteiger partial charge in [0.2, 0.25) is 5.91 Å². The zero-order valence-corrected chi connectivity index (χ0v) is 18.0. The number of benzene rings is 1. The quantitative estimate of drug-likeness (QED) is 0.621. The number of hydrogen-bond donors (Lipinski definition) is 0. The average molecular weight is 370 g/mol. The molecule has 1 heterocycles. The van der Waals surface area contributed by atoms with Crippen LogP contribution in [0.1, 0.15) is 76.8 Å². The molecule has 0 radical (unpaired) electrons. The highest BCUT2D eigenvalue weighted by Crippen LogP contribution is 2.43. The first kappa shape index (κ1) is 20.4. The summed E-state index contributed by atoms with van der Waals surface area (Å²) in [5, 5.41) is 0. The second-order valence-corrected chi connectivity index (χ2v) is 9.79. The van der Waals surface area contributed by atoms with Crippen LogP contribution in [0, 0.1) is 30.1 Å². The van der Waals surface area contributed by atoms with Gasteiger partial charge in [-0.1, -0.05) is 69.9 Å². The molecule has 1 aromatic carbocycles. The summed E-state index contributed by atoms with van der Waals surface area (Å²) in [4.78, 5) is 16.0. The molecule has 2 nitrogen and oxygen atoms in total. The number of nitrogens with zero attached hydrogens (tertiary/aromatic N) is 1. The first-order valence-corrected chi connectivity index (χ1v) is 11.2. The number of hydrogen-bond acceptors (Lipinski definition) is 1. The Morgan fingerprint density at radius 2 is 1.63 bits per heavy atom. The average Bonchev–Trinajstić information content (AvgIpc) is 2.70. The second kappa shape index (κ2) is 8.80. The Morgan fingerprint density at radius 3 is 2.19 bits per heavy atom. The number of aryl methyl sites for hydroxylation is 1. The highest BCUT2D eigenvalue weighted by molar-refractivity contribution is 5.83. The summed E-state index contributed by atoms with van der Waals surface area (Å²) < 4.78 is 0. The molecule has 1 amide bonds. The van der Waals surface area contributed by atoms with Gasteiger partial charge in [0.15, 0.2) is 0 Å². The van der Waals surface area contributed by atoms with Crippen LogP contribution in [-0.2, 0) is 11.2 Å². The van der Waals surface area contributed by atoms with E-state index in [0.717, 1.165) is 31.3 Å². The lowest BCUT2D eigenvalue weighted by Gasteiger charge is -2.44. The van der Waals surface area contributed by atoms with Crippen molar-refractivity contribution in [3.05, 3.63) is 35.4 Å². The Labute approximate surface area is 166 Å². The standard InChI is InChI=1S/C25H39NO/c1-19(2)22-14-16-26(17-15-22)24(27)25(4,23-8-6-5-7-9-23)18-21-12-10-20(3)11-13-21/h10-13,19,22-23H,5-9,14-18H2,1-4H3. The van der Waals surface area contributed by atoms with Crippen molar-refractivity contribution >= 4 is 5.91 Å². The fraction of sp³-hybridized carbons (Fsp3) is 0.720. The summed E-state index contributed by atoms with van der Waals surface area (Å²) in [7, 11) is 0. The summed E-state index contributed by atoms with van der Waals surface area (Å²) in [6.07, 6.45) is 9.59. The predicted molar refractivity (Wildman–Crippen MR) is 114 cm³/mol. The zero-order valence-electron chi connectivity index (χ0n) is 18.0. The van der Waals surface area contributed by atoms with Crippen LogP contribution in [0.4, 0.5) is 0 Å². The summed E-state index contributed by atoms with van der Waals surface area (Å²) in [5.74, 6) is 2.48. The van der Waals surface area contributed by atoms with Crippen LogP contribution >= 0.6 is 0 Å². The Hall–Kier alpha value is -1.31. The van der Waals surface area contributed by atoms with Gasteiger partial charge in [-0.2, -0.15) is 0 Å². The van der Waals surface area contributed by atoms with Crippen molar-refractivity contribution in [1.29, 1.82) is 0 Å². The molecule has 1 aromatic rings. The maximum absolute atomic E-state index is 13.8. The van der Waals surface area contributed by atoms with Crippen LogP contribution in [-0.4, -0.2) is 23.9 Å². The van der Waals surface area contributed by atoms with Gasteiger partial charge >= 0.3 is 0 Å². The van der Waals surface area contributed by atoms with Gasteiger partial charge in [-0.3, -0.25) is 4.79 Å². The lowest BCUT2D eigenvalue weighted by atomic mass is 9.66. The molecule has 1 saturated carbocycles. The maximum atomic E-state index is 13.8. The maximum Gasteiger partial charge on any atom is 0.229 e. The first-order valence-electron chi connectivity index (χ1n) is 11.2. The molecule has 150 valence electrons. The van der Waals surface area contributed by atoms with Gasteiger partial charge < -0.3 is 4.90 Å². The molecule has 3 rings (SSSR count). The lowest BCUT2D eigenvalue weighted by molar-refractivity contribution is -0.147. The molecule has 0 bridgehead atoms. The second-order valence-electron chi connectivity index (χ2n) is 9.79. The monoisotopic (exact) mass is 369 g/mol. The van der Waals surface area contributed by atoms with Crippen LogP contribution in [0.5, 0.6) is 0 Å². The third kappa shape index (κ3) is 4.76. The molecule has 27 heavy (non-hydrogen) atoms. The molecule has 1 aliphatic heterocycles. The third-order valence-corrected chi connectivity index (χ3v) is 7.46. The van der Waals surface area contributed by atoms with Gasteiger partial charge in [0.1, 0.15) is 0 Å². The molecule has 1 atom stereocenters. The van der Waals surface area contributed by atoms with E-state index >= 15 is 0 Å². The minimum Gasteiger partial charge on any atom is -0.342 e. The molecule has 0 aromatic heterocycles. The van der Waals surface area contributed by atoms with E-state index in [4.69, 9.17) is 0 Å². The molecule has 1 unspecified atom stereocenters. The molecule has 1 aliphatic carbocycles. The Bertz CT molecular complexity index is 606.